The van der Waals surface area contributed by atoms with E-state index < -0.39 is 17.5 Å². The highest BCUT2D eigenvalue weighted by molar-refractivity contribution is 6.03. The number of fused-ring (bicyclic) bond motifs is 1. The van der Waals surface area contributed by atoms with Gasteiger partial charge < -0.3 is 14.7 Å². The first-order valence-corrected chi connectivity index (χ1v) is 7.90. The first-order valence-electron chi connectivity index (χ1n) is 7.90. The number of likely N-dealkylation sites (tertiary alicyclic amines) is 1. The van der Waals surface area contributed by atoms with Crippen molar-refractivity contribution in [3.63, 3.8) is 0 Å². The van der Waals surface area contributed by atoms with Crippen molar-refractivity contribution in [1.82, 2.24) is 4.90 Å². The zero-order valence-corrected chi connectivity index (χ0v) is 13.7. The first kappa shape index (κ1) is 16.3. The molecule has 0 unspecified atom stereocenters. The molecule has 1 N–H and O–H groups in total. The van der Waals surface area contributed by atoms with Crippen LogP contribution in [0.15, 0.2) is 24.3 Å². The largest absolute Gasteiger partial charge is 0.481 e. The quantitative estimate of drug-likeness (QED) is 0.896. The molecular formula is C17H20N2O5. The Bertz CT molecular complexity index is 704. The van der Waals surface area contributed by atoms with E-state index in [2.05, 4.69) is 0 Å². The third-order valence-electron chi connectivity index (χ3n) is 4.71. The highest BCUT2D eigenvalue weighted by atomic mass is 16.5. The van der Waals surface area contributed by atoms with Gasteiger partial charge in [0.05, 0.1) is 11.1 Å². The van der Waals surface area contributed by atoms with Crippen molar-refractivity contribution in [2.24, 2.45) is 5.41 Å². The van der Waals surface area contributed by atoms with Crippen molar-refractivity contribution in [1.29, 1.82) is 0 Å². The Labute approximate surface area is 139 Å². The highest BCUT2D eigenvalue weighted by Crippen LogP contribution is 2.34. The Hall–Kier alpha value is -2.57. The summed E-state index contributed by atoms with van der Waals surface area (Å²) in [5.41, 5.74) is -0.357. The average molecular weight is 332 g/mol. The molecule has 1 fully saturated rings. The number of nitrogens with zero attached hydrogens (tertiary/aromatic N) is 2. The molecule has 2 amide bonds. The molecule has 128 valence electrons. The minimum absolute atomic E-state index is 0.112. The number of benzene rings is 1. The summed E-state index contributed by atoms with van der Waals surface area (Å²) in [6, 6.07) is 7.07. The summed E-state index contributed by atoms with van der Waals surface area (Å²) in [6.07, 6.45) is -0.242. The van der Waals surface area contributed by atoms with Crippen LogP contribution in [-0.4, -0.2) is 53.5 Å². The fourth-order valence-corrected chi connectivity index (χ4v) is 3.11. The van der Waals surface area contributed by atoms with Gasteiger partial charge in [-0.3, -0.25) is 19.3 Å². The van der Waals surface area contributed by atoms with E-state index in [0.717, 1.165) is 0 Å². The standard InChI is InChI=1S/C17H20N2O5/c1-11-15(21)19(12-5-3-4-6-13(12)24-11)9-14(20)18-8-7-17(2,10-18)16(22)23/h3-6,11H,7-10H2,1-2H3,(H,22,23)/t11-,17-/m0/s1. The summed E-state index contributed by atoms with van der Waals surface area (Å²) in [5, 5.41) is 9.28. The van der Waals surface area contributed by atoms with Crippen LogP contribution in [0.3, 0.4) is 0 Å². The predicted octanol–water partition coefficient (Wildman–Crippen LogP) is 1.12. The third-order valence-corrected chi connectivity index (χ3v) is 4.71. The normalized spacial score (nSPS) is 26.1. The van der Waals surface area contributed by atoms with E-state index in [4.69, 9.17) is 4.74 Å². The van der Waals surface area contributed by atoms with Gasteiger partial charge in [0, 0.05) is 13.1 Å². The summed E-state index contributed by atoms with van der Waals surface area (Å²) in [4.78, 5) is 39.3. The lowest BCUT2D eigenvalue weighted by molar-refractivity contribution is -0.147. The first-order chi connectivity index (χ1) is 11.3. The maximum atomic E-state index is 12.6. The molecule has 0 aromatic heterocycles. The van der Waals surface area contributed by atoms with E-state index in [-0.39, 0.29) is 24.9 Å². The molecule has 0 saturated carbocycles. The molecule has 2 aliphatic rings. The van der Waals surface area contributed by atoms with Crippen LogP contribution in [0.4, 0.5) is 5.69 Å². The zero-order valence-electron chi connectivity index (χ0n) is 13.7. The molecule has 0 aliphatic carbocycles. The molecule has 2 heterocycles. The summed E-state index contributed by atoms with van der Waals surface area (Å²) >= 11 is 0. The molecule has 1 aromatic rings. The number of hydrogen-bond donors (Lipinski definition) is 1. The van der Waals surface area contributed by atoms with Crippen molar-refractivity contribution in [2.75, 3.05) is 24.5 Å². The minimum Gasteiger partial charge on any atom is -0.481 e. The van der Waals surface area contributed by atoms with E-state index in [1.165, 1.54) is 9.80 Å². The second kappa shape index (κ2) is 5.81. The maximum Gasteiger partial charge on any atom is 0.311 e. The SMILES string of the molecule is C[C@@H]1Oc2ccccc2N(CC(=O)N2CC[C@](C)(C(=O)O)C2)C1=O. The monoisotopic (exact) mass is 332 g/mol. The molecule has 2 atom stereocenters. The molecular weight excluding hydrogens is 312 g/mol. The average Bonchev–Trinajstić information content (AvgIpc) is 2.96. The summed E-state index contributed by atoms with van der Waals surface area (Å²) in [5.74, 6) is -0.868. The number of ether oxygens (including phenoxy) is 1. The number of anilines is 1. The Morgan fingerprint density at radius 2 is 2.08 bits per heavy atom. The van der Waals surface area contributed by atoms with Crippen LogP contribution in [0.25, 0.3) is 0 Å². The molecule has 24 heavy (non-hydrogen) atoms. The van der Waals surface area contributed by atoms with E-state index in [9.17, 15) is 19.5 Å². The molecule has 0 spiro atoms. The maximum absolute atomic E-state index is 12.6. The zero-order chi connectivity index (χ0) is 17.5. The van der Waals surface area contributed by atoms with Crippen LogP contribution in [0.1, 0.15) is 20.3 Å². The highest BCUT2D eigenvalue weighted by Gasteiger charge is 2.43. The second-order valence-electron chi connectivity index (χ2n) is 6.58. The van der Waals surface area contributed by atoms with E-state index in [0.29, 0.717) is 24.4 Å². The molecule has 7 heteroatoms. The molecule has 2 aliphatic heterocycles. The van der Waals surface area contributed by atoms with Crippen molar-refractivity contribution in [2.45, 2.75) is 26.4 Å². The van der Waals surface area contributed by atoms with Crippen LogP contribution in [-0.2, 0) is 14.4 Å². The topological polar surface area (TPSA) is 87.2 Å². The van der Waals surface area contributed by atoms with Gasteiger partial charge >= 0.3 is 5.97 Å². The minimum atomic E-state index is -0.921. The number of carbonyl (C=O) groups excluding carboxylic acids is 2. The summed E-state index contributed by atoms with van der Waals surface area (Å²) < 4.78 is 5.55. The van der Waals surface area contributed by atoms with Crippen LogP contribution in [0.5, 0.6) is 5.75 Å². The van der Waals surface area contributed by atoms with Gasteiger partial charge in [0.25, 0.3) is 5.91 Å². The van der Waals surface area contributed by atoms with Gasteiger partial charge in [-0.2, -0.15) is 0 Å². The fourth-order valence-electron chi connectivity index (χ4n) is 3.11. The van der Waals surface area contributed by atoms with Crippen molar-refractivity contribution < 1.29 is 24.2 Å². The number of para-hydroxylation sites is 2. The van der Waals surface area contributed by atoms with Gasteiger partial charge in [0.2, 0.25) is 5.91 Å². The van der Waals surface area contributed by atoms with Gasteiger partial charge in [-0.05, 0) is 32.4 Å². The van der Waals surface area contributed by atoms with Gasteiger partial charge in [-0.1, -0.05) is 12.1 Å². The van der Waals surface area contributed by atoms with Gasteiger partial charge in [-0.25, -0.2) is 0 Å². The van der Waals surface area contributed by atoms with Gasteiger partial charge in [-0.15, -0.1) is 0 Å². The van der Waals surface area contributed by atoms with Gasteiger partial charge in [0.15, 0.2) is 6.10 Å². The number of amides is 2. The summed E-state index contributed by atoms with van der Waals surface area (Å²) in [6.45, 7) is 3.72. The number of hydrogen-bond acceptors (Lipinski definition) is 4. The Morgan fingerprint density at radius 3 is 2.75 bits per heavy atom. The van der Waals surface area contributed by atoms with Crippen LogP contribution in [0, 0.1) is 5.41 Å². The number of carboxylic acid groups (broad SMARTS) is 1. The lowest BCUT2D eigenvalue weighted by Gasteiger charge is -2.33. The van der Waals surface area contributed by atoms with E-state index >= 15 is 0 Å². The lowest BCUT2D eigenvalue weighted by Crippen LogP contribution is -2.49. The molecule has 1 aromatic carbocycles. The molecule has 0 radical (unpaired) electrons. The van der Waals surface area contributed by atoms with E-state index in [1.807, 2.05) is 0 Å². The number of carboxylic acids is 1. The smallest absolute Gasteiger partial charge is 0.311 e. The Balaban J connectivity index is 1.77. The second-order valence-corrected chi connectivity index (χ2v) is 6.58. The lowest BCUT2D eigenvalue weighted by atomic mass is 9.90. The molecule has 0 bridgehead atoms. The van der Waals surface area contributed by atoms with Crippen LogP contribution >= 0.6 is 0 Å². The van der Waals surface area contributed by atoms with Crippen LogP contribution in [0.2, 0.25) is 0 Å². The number of carbonyl (C=O) groups is 3. The fraction of sp³-hybridized carbons (Fsp3) is 0.471. The third kappa shape index (κ3) is 2.70. The Morgan fingerprint density at radius 1 is 1.38 bits per heavy atom. The van der Waals surface area contributed by atoms with Crippen LogP contribution < -0.4 is 9.64 Å². The Kier molecular flexibility index (Phi) is 3.95. The molecule has 1 saturated heterocycles. The van der Waals surface area contributed by atoms with Crippen molar-refractivity contribution >= 4 is 23.5 Å². The predicted molar refractivity (Wildman–Crippen MR) is 85.8 cm³/mol. The van der Waals surface area contributed by atoms with E-state index in [1.54, 1.807) is 38.1 Å². The molecule has 3 rings (SSSR count). The number of aliphatic carboxylic acids is 1. The van der Waals surface area contributed by atoms with Gasteiger partial charge in [0.1, 0.15) is 12.3 Å². The van der Waals surface area contributed by atoms with Crippen molar-refractivity contribution in [3.05, 3.63) is 24.3 Å². The number of rotatable bonds is 3. The van der Waals surface area contributed by atoms with Crippen molar-refractivity contribution in [3.8, 4) is 5.75 Å². The summed E-state index contributed by atoms with van der Waals surface area (Å²) in [7, 11) is 0. The molecule has 7 nitrogen and oxygen atoms in total.